The second kappa shape index (κ2) is 7.59. The average molecular weight is 318 g/mol. The zero-order chi connectivity index (χ0) is 17.0. The summed E-state index contributed by atoms with van der Waals surface area (Å²) in [6, 6.07) is 7.50. The summed E-state index contributed by atoms with van der Waals surface area (Å²) in [5, 5.41) is 8.80. The van der Waals surface area contributed by atoms with Crippen LogP contribution in [0.2, 0.25) is 0 Å². The fourth-order valence-corrected chi connectivity index (χ4v) is 2.98. The summed E-state index contributed by atoms with van der Waals surface area (Å²) in [5.41, 5.74) is 1.91. The highest BCUT2D eigenvalue weighted by molar-refractivity contribution is 5.82. The van der Waals surface area contributed by atoms with Crippen LogP contribution in [-0.4, -0.2) is 52.5 Å². The summed E-state index contributed by atoms with van der Waals surface area (Å²) >= 11 is 0. The Morgan fingerprint density at radius 3 is 2.39 bits per heavy atom. The molecule has 0 aromatic heterocycles. The Morgan fingerprint density at radius 1 is 1.22 bits per heavy atom. The van der Waals surface area contributed by atoms with Gasteiger partial charge in [-0.1, -0.05) is 38.1 Å². The van der Waals surface area contributed by atoms with Crippen LogP contribution in [0, 0.1) is 5.92 Å². The number of hydrogen-bond donors (Lipinski definition) is 1. The molecular formula is C18H26N2O3. The van der Waals surface area contributed by atoms with E-state index in [0.717, 1.165) is 37.3 Å². The third kappa shape index (κ3) is 4.79. The third-order valence-corrected chi connectivity index (χ3v) is 4.22. The maximum atomic E-state index is 12.5. The number of carbonyl (C=O) groups excluding carboxylic acids is 1. The van der Waals surface area contributed by atoms with Crippen molar-refractivity contribution in [2.75, 3.05) is 19.6 Å². The van der Waals surface area contributed by atoms with E-state index in [9.17, 15) is 9.59 Å². The molecule has 1 amide bonds. The van der Waals surface area contributed by atoms with E-state index >= 15 is 0 Å². The highest BCUT2D eigenvalue weighted by atomic mass is 16.4. The van der Waals surface area contributed by atoms with Gasteiger partial charge < -0.3 is 10.0 Å². The molecule has 0 aliphatic carbocycles. The zero-order valence-electron chi connectivity index (χ0n) is 14.2. The van der Waals surface area contributed by atoms with Crippen LogP contribution >= 0.6 is 0 Å². The Kier molecular flexibility index (Phi) is 5.77. The number of benzene rings is 1. The normalized spacial score (nSPS) is 19.4. The lowest BCUT2D eigenvalue weighted by molar-refractivity contribution is -0.142. The van der Waals surface area contributed by atoms with Crippen LogP contribution in [0.25, 0.3) is 0 Å². The number of amides is 1. The van der Waals surface area contributed by atoms with Crippen molar-refractivity contribution in [3.63, 3.8) is 0 Å². The topological polar surface area (TPSA) is 60.9 Å². The lowest BCUT2D eigenvalue weighted by Gasteiger charge is -2.39. The first-order valence-electron chi connectivity index (χ1n) is 8.19. The number of hydrogen-bond acceptors (Lipinski definition) is 3. The molecule has 1 heterocycles. The van der Waals surface area contributed by atoms with E-state index in [2.05, 4.69) is 18.7 Å². The minimum absolute atomic E-state index is 0.0447. The van der Waals surface area contributed by atoms with Crippen LogP contribution in [0.5, 0.6) is 0 Å². The van der Waals surface area contributed by atoms with E-state index in [0.29, 0.717) is 5.92 Å². The van der Waals surface area contributed by atoms with E-state index in [1.807, 2.05) is 36.1 Å². The van der Waals surface area contributed by atoms with Crippen molar-refractivity contribution >= 4 is 11.9 Å². The highest BCUT2D eigenvalue weighted by Crippen LogP contribution is 2.17. The lowest BCUT2D eigenvalue weighted by Crippen LogP contribution is -2.56. The molecule has 1 atom stereocenters. The Morgan fingerprint density at radius 2 is 1.83 bits per heavy atom. The Hall–Kier alpha value is -1.88. The zero-order valence-corrected chi connectivity index (χ0v) is 14.2. The predicted molar refractivity (Wildman–Crippen MR) is 89.1 cm³/mol. The molecule has 126 valence electrons. The number of aliphatic carboxylic acids is 1. The van der Waals surface area contributed by atoms with E-state index in [1.165, 1.54) is 0 Å². The van der Waals surface area contributed by atoms with Gasteiger partial charge in [0.2, 0.25) is 5.91 Å². The standard InChI is InChI=1S/C18H26N2O3/c1-13(2)11-20-9-8-19(14(3)18(20)23)12-16-6-4-15(5-7-16)10-17(21)22/h4-7,13-14H,8-12H2,1-3H3,(H,21,22). The largest absolute Gasteiger partial charge is 0.481 e. The maximum absolute atomic E-state index is 12.5. The summed E-state index contributed by atoms with van der Waals surface area (Å²) < 4.78 is 0. The number of rotatable bonds is 6. The molecule has 1 aromatic rings. The first kappa shape index (κ1) is 17.5. The molecule has 0 radical (unpaired) electrons. The first-order valence-corrected chi connectivity index (χ1v) is 8.19. The summed E-state index contributed by atoms with van der Waals surface area (Å²) in [5.74, 6) is -0.134. The van der Waals surface area contributed by atoms with Crippen LogP contribution in [0.3, 0.4) is 0 Å². The van der Waals surface area contributed by atoms with Crippen molar-refractivity contribution in [2.24, 2.45) is 5.92 Å². The van der Waals surface area contributed by atoms with Crippen molar-refractivity contribution in [3.05, 3.63) is 35.4 Å². The number of carbonyl (C=O) groups is 2. The van der Waals surface area contributed by atoms with Crippen molar-refractivity contribution in [1.82, 2.24) is 9.80 Å². The predicted octanol–water partition coefficient (Wildman–Crippen LogP) is 2.00. The van der Waals surface area contributed by atoms with Crippen LogP contribution in [0.4, 0.5) is 0 Å². The van der Waals surface area contributed by atoms with Gasteiger partial charge in [0.15, 0.2) is 0 Å². The molecule has 2 rings (SSSR count). The molecule has 1 aromatic carbocycles. The minimum Gasteiger partial charge on any atom is -0.481 e. The maximum Gasteiger partial charge on any atom is 0.307 e. The summed E-state index contributed by atoms with van der Waals surface area (Å²) in [7, 11) is 0. The van der Waals surface area contributed by atoms with Crippen LogP contribution in [-0.2, 0) is 22.6 Å². The van der Waals surface area contributed by atoms with Crippen LogP contribution < -0.4 is 0 Å². The van der Waals surface area contributed by atoms with Crippen molar-refractivity contribution in [2.45, 2.75) is 39.8 Å². The minimum atomic E-state index is -0.821. The molecule has 5 heteroatoms. The van der Waals surface area contributed by atoms with E-state index in [4.69, 9.17) is 5.11 Å². The van der Waals surface area contributed by atoms with Gasteiger partial charge in [0.25, 0.3) is 0 Å². The number of carboxylic acids is 1. The Labute approximate surface area is 137 Å². The molecule has 1 N–H and O–H groups in total. The smallest absolute Gasteiger partial charge is 0.307 e. The molecule has 0 spiro atoms. The van der Waals surface area contributed by atoms with Crippen LogP contribution in [0.15, 0.2) is 24.3 Å². The summed E-state index contributed by atoms with van der Waals surface area (Å²) in [6.45, 7) is 9.41. The number of piperazine rings is 1. The number of carboxylic acid groups (broad SMARTS) is 1. The quantitative estimate of drug-likeness (QED) is 0.871. The van der Waals surface area contributed by atoms with Gasteiger partial charge in [-0.15, -0.1) is 0 Å². The van der Waals surface area contributed by atoms with Gasteiger partial charge in [0.1, 0.15) is 0 Å². The van der Waals surface area contributed by atoms with Crippen molar-refractivity contribution in [1.29, 1.82) is 0 Å². The molecular weight excluding hydrogens is 292 g/mol. The monoisotopic (exact) mass is 318 g/mol. The van der Waals surface area contributed by atoms with Gasteiger partial charge in [0.05, 0.1) is 12.5 Å². The van der Waals surface area contributed by atoms with E-state index < -0.39 is 5.97 Å². The molecule has 0 bridgehead atoms. The lowest BCUT2D eigenvalue weighted by atomic mass is 10.1. The fourth-order valence-electron chi connectivity index (χ4n) is 2.98. The van der Waals surface area contributed by atoms with Gasteiger partial charge in [-0.3, -0.25) is 14.5 Å². The van der Waals surface area contributed by atoms with Gasteiger partial charge in [-0.2, -0.15) is 0 Å². The Bertz CT molecular complexity index is 554. The SMILES string of the molecule is CC(C)CN1CCN(Cc2ccc(CC(=O)O)cc2)C(C)C1=O. The Balaban J connectivity index is 1.95. The van der Waals surface area contributed by atoms with Gasteiger partial charge in [0, 0.05) is 26.2 Å². The second-order valence-electron chi connectivity index (χ2n) is 6.71. The van der Waals surface area contributed by atoms with Crippen molar-refractivity contribution < 1.29 is 14.7 Å². The van der Waals surface area contributed by atoms with E-state index in [1.54, 1.807) is 0 Å². The van der Waals surface area contributed by atoms with Gasteiger partial charge in [-0.05, 0) is 24.0 Å². The molecule has 23 heavy (non-hydrogen) atoms. The molecule has 1 saturated heterocycles. The third-order valence-electron chi connectivity index (χ3n) is 4.22. The van der Waals surface area contributed by atoms with E-state index in [-0.39, 0.29) is 18.4 Å². The molecule has 1 unspecified atom stereocenters. The molecule has 1 aliphatic heterocycles. The summed E-state index contributed by atoms with van der Waals surface area (Å²) in [6.07, 6.45) is 0.0447. The molecule has 0 saturated carbocycles. The van der Waals surface area contributed by atoms with Crippen LogP contribution in [0.1, 0.15) is 31.9 Å². The summed E-state index contributed by atoms with van der Waals surface area (Å²) in [4.78, 5) is 27.3. The highest BCUT2D eigenvalue weighted by Gasteiger charge is 2.31. The average Bonchev–Trinajstić information content (AvgIpc) is 2.48. The van der Waals surface area contributed by atoms with Gasteiger partial charge in [-0.25, -0.2) is 0 Å². The van der Waals surface area contributed by atoms with Gasteiger partial charge >= 0.3 is 5.97 Å². The molecule has 5 nitrogen and oxygen atoms in total. The first-order chi connectivity index (χ1) is 10.9. The second-order valence-corrected chi connectivity index (χ2v) is 6.71. The molecule has 1 aliphatic rings. The van der Waals surface area contributed by atoms with Crippen molar-refractivity contribution in [3.8, 4) is 0 Å². The molecule has 1 fully saturated rings. The number of nitrogens with zero attached hydrogens (tertiary/aromatic N) is 2. The fraction of sp³-hybridized carbons (Fsp3) is 0.556.